The highest BCUT2D eigenvalue weighted by Gasteiger charge is 2.09. The van der Waals surface area contributed by atoms with E-state index < -0.39 is 0 Å². The summed E-state index contributed by atoms with van der Waals surface area (Å²) < 4.78 is 0. The van der Waals surface area contributed by atoms with E-state index in [0.717, 1.165) is 55.5 Å². The van der Waals surface area contributed by atoms with Crippen LogP contribution in [-0.2, 0) is 6.42 Å². The molecule has 19 heavy (non-hydrogen) atoms. The van der Waals surface area contributed by atoms with Crippen molar-refractivity contribution in [1.82, 2.24) is 14.9 Å². The Morgan fingerprint density at radius 1 is 1.00 bits per heavy atom. The zero-order chi connectivity index (χ0) is 14.3. The third kappa shape index (κ3) is 5.03. The maximum absolute atomic E-state index is 4.58. The monoisotopic (exact) mass is 265 g/mol. The van der Waals surface area contributed by atoms with E-state index in [1.807, 2.05) is 0 Å². The van der Waals surface area contributed by atoms with Gasteiger partial charge in [-0.25, -0.2) is 9.97 Å². The second kappa shape index (κ2) is 7.94. The fraction of sp³-hybridized carbons (Fsp3) is 0.714. The minimum absolute atomic E-state index is 0.851. The maximum Gasteiger partial charge on any atom is 0.134 e. The number of likely N-dealkylation sites (N-methyl/N-ethyl adjacent to an activating group) is 1. The highest BCUT2D eigenvalue weighted by Crippen LogP contribution is 2.20. The van der Waals surface area contributed by atoms with E-state index in [2.05, 4.69) is 60.4 Å². The van der Waals surface area contributed by atoms with Crippen molar-refractivity contribution >= 4 is 11.6 Å². The van der Waals surface area contributed by atoms with Crippen molar-refractivity contribution in [3.05, 3.63) is 11.4 Å². The van der Waals surface area contributed by atoms with Crippen LogP contribution in [0, 0.1) is 6.92 Å². The minimum Gasteiger partial charge on any atom is -0.370 e. The average Bonchev–Trinajstić information content (AvgIpc) is 2.38. The number of anilines is 2. The first kappa shape index (κ1) is 15.7. The second-order valence-electron chi connectivity index (χ2n) is 4.97. The van der Waals surface area contributed by atoms with Crippen molar-refractivity contribution in [1.29, 1.82) is 0 Å². The smallest absolute Gasteiger partial charge is 0.134 e. The van der Waals surface area contributed by atoms with E-state index in [0.29, 0.717) is 0 Å². The molecule has 0 amide bonds. The molecule has 5 heteroatoms. The summed E-state index contributed by atoms with van der Waals surface area (Å²) in [6, 6.07) is 0. The number of aryl methyl sites for hydroxylation is 1. The van der Waals surface area contributed by atoms with Crippen LogP contribution < -0.4 is 10.6 Å². The van der Waals surface area contributed by atoms with Gasteiger partial charge in [-0.05, 0) is 27.4 Å². The first-order valence-corrected chi connectivity index (χ1v) is 7.08. The Bertz CT molecular complexity index is 390. The van der Waals surface area contributed by atoms with Gasteiger partial charge in [-0.3, -0.25) is 0 Å². The summed E-state index contributed by atoms with van der Waals surface area (Å²) in [4.78, 5) is 11.3. The average molecular weight is 265 g/mol. The molecule has 0 aliphatic rings. The molecule has 1 heterocycles. The number of nitrogens with zero attached hydrogens (tertiary/aromatic N) is 3. The third-order valence-corrected chi connectivity index (χ3v) is 2.90. The van der Waals surface area contributed by atoms with Crippen molar-refractivity contribution < 1.29 is 0 Å². The van der Waals surface area contributed by atoms with Gasteiger partial charge in [0.1, 0.15) is 17.5 Å². The third-order valence-electron chi connectivity index (χ3n) is 2.90. The van der Waals surface area contributed by atoms with Crippen LogP contribution in [0.5, 0.6) is 0 Å². The van der Waals surface area contributed by atoms with Gasteiger partial charge in [-0.2, -0.15) is 0 Å². The van der Waals surface area contributed by atoms with Gasteiger partial charge in [0.25, 0.3) is 0 Å². The SMILES string of the molecule is CCCNc1nc(CC)nc(NCCN(C)C)c1C. The molecule has 2 N–H and O–H groups in total. The number of nitrogens with one attached hydrogen (secondary N) is 2. The summed E-state index contributed by atoms with van der Waals surface area (Å²) in [5, 5.41) is 6.78. The van der Waals surface area contributed by atoms with Gasteiger partial charge in [-0.1, -0.05) is 13.8 Å². The quantitative estimate of drug-likeness (QED) is 0.754. The second-order valence-corrected chi connectivity index (χ2v) is 4.97. The molecule has 0 radical (unpaired) electrons. The molecule has 0 aliphatic carbocycles. The Morgan fingerprint density at radius 2 is 1.58 bits per heavy atom. The van der Waals surface area contributed by atoms with Gasteiger partial charge in [-0.15, -0.1) is 0 Å². The predicted molar refractivity (Wildman–Crippen MR) is 82.0 cm³/mol. The molecule has 0 spiro atoms. The summed E-state index contributed by atoms with van der Waals surface area (Å²) in [6.45, 7) is 9.12. The summed E-state index contributed by atoms with van der Waals surface area (Å²) in [5.74, 6) is 2.80. The van der Waals surface area contributed by atoms with Crippen molar-refractivity contribution in [2.24, 2.45) is 0 Å². The fourth-order valence-electron chi connectivity index (χ4n) is 1.71. The number of hydrogen-bond acceptors (Lipinski definition) is 5. The number of rotatable bonds is 8. The normalized spacial score (nSPS) is 10.8. The lowest BCUT2D eigenvalue weighted by atomic mass is 10.2. The van der Waals surface area contributed by atoms with E-state index in [1.165, 1.54) is 0 Å². The lowest BCUT2D eigenvalue weighted by molar-refractivity contribution is 0.425. The first-order chi connectivity index (χ1) is 9.08. The van der Waals surface area contributed by atoms with E-state index in [9.17, 15) is 0 Å². The van der Waals surface area contributed by atoms with E-state index in [1.54, 1.807) is 0 Å². The minimum atomic E-state index is 0.851. The highest BCUT2D eigenvalue weighted by atomic mass is 15.1. The first-order valence-electron chi connectivity index (χ1n) is 7.08. The molecule has 0 fully saturated rings. The molecule has 5 nitrogen and oxygen atoms in total. The van der Waals surface area contributed by atoms with E-state index in [4.69, 9.17) is 0 Å². The molecule has 0 aromatic carbocycles. The van der Waals surface area contributed by atoms with Crippen LogP contribution in [0.2, 0.25) is 0 Å². The van der Waals surface area contributed by atoms with Crippen molar-refractivity contribution in [2.75, 3.05) is 44.4 Å². The Labute approximate surface area is 116 Å². The number of hydrogen-bond donors (Lipinski definition) is 2. The molecule has 1 aromatic rings. The van der Waals surface area contributed by atoms with Gasteiger partial charge in [0.05, 0.1) is 0 Å². The molecule has 0 saturated carbocycles. The van der Waals surface area contributed by atoms with E-state index >= 15 is 0 Å². The number of aromatic nitrogens is 2. The van der Waals surface area contributed by atoms with Crippen LogP contribution in [0.4, 0.5) is 11.6 Å². The van der Waals surface area contributed by atoms with Crippen LogP contribution in [0.25, 0.3) is 0 Å². The van der Waals surface area contributed by atoms with Gasteiger partial charge < -0.3 is 15.5 Å². The molecule has 1 rings (SSSR count). The summed E-state index contributed by atoms with van der Waals surface area (Å²) in [5.41, 5.74) is 1.10. The van der Waals surface area contributed by atoms with Crippen molar-refractivity contribution in [3.8, 4) is 0 Å². The molecule has 0 aliphatic heterocycles. The van der Waals surface area contributed by atoms with Crippen LogP contribution in [0.3, 0.4) is 0 Å². The lowest BCUT2D eigenvalue weighted by Crippen LogP contribution is -2.22. The Hall–Kier alpha value is -1.36. The Kier molecular flexibility index (Phi) is 6.56. The summed E-state index contributed by atoms with van der Waals surface area (Å²) in [6.07, 6.45) is 1.94. The molecule has 0 saturated heterocycles. The molecule has 0 unspecified atom stereocenters. The zero-order valence-electron chi connectivity index (χ0n) is 12.9. The molecule has 108 valence electrons. The Morgan fingerprint density at radius 3 is 2.05 bits per heavy atom. The van der Waals surface area contributed by atoms with Crippen molar-refractivity contribution in [2.45, 2.75) is 33.6 Å². The molecule has 0 bridgehead atoms. The topological polar surface area (TPSA) is 53.1 Å². The fourth-order valence-corrected chi connectivity index (χ4v) is 1.71. The largest absolute Gasteiger partial charge is 0.370 e. The molecule has 1 aromatic heterocycles. The van der Waals surface area contributed by atoms with Crippen LogP contribution in [-0.4, -0.2) is 48.6 Å². The summed E-state index contributed by atoms with van der Waals surface area (Å²) >= 11 is 0. The molecular formula is C14H27N5. The van der Waals surface area contributed by atoms with Crippen molar-refractivity contribution in [3.63, 3.8) is 0 Å². The van der Waals surface area contributed by atoms with Gasteiger partial charge in [0.15, 0.2) is 0 Å². The molecule has 0 atom stereocenters. The summed E-state index contributed by atoms with van der Waals surface area (Å²) in [7, 11) is 4.14. The van der Waals surface area contributed by atoms with Gasteiger partial charge in [0.2, 0.25) is 0 Å². The standard InChI is InChI=1S/C14H27N5/c1-6-8-15-13-11(3)14(16-9-10-19(4)5)18-12(7-2)17-13/h6-10H2,1-5H3,(H2,15,16,17,18). The Balaban J connectivity index is 2.82. The van der Waals surface area contributed by atoms with Gasteiger partial charge in [0, 0.05) is 31.6 Å². The maximum atomic E-state index is 4.58. The predicted octanol–water partition coefficient (Wildman–Crippen LogP) is 2.14. The lowest BCUT2D eigenvalue weighted by Gasteiger charge is -2.16. The van der Waals surface area contributed by atoms with Crippen LogP contribution in [0.1, 0.15) is 31.7 Å². The van der Waals surface area contributed by atoms with Crippen LogP contribution >= 0.6 is 0 Å². The highest BCUT2D eigenvalue weighted by molar-refractivity contribution is 5.57. The van der Waals surface area contributed by atoms with Gasteiger partial charge >= 0.3 is 0 Å². The molecular weight excluding hydrogens is 238 g/mol. The van der Waals surface area contributed by atoms with E-state index in [-0.39, 0.29) is 0 Å². The zero-order valence-corrected chi connectivity index (χ0v) is 12.9. The van der Waals surface area contributed by atoms with Crippen LogP contribution in [0.15, 0.2) is 0 Å².